The molecule has 0 bridgehead atoms. The van der Waals surface area contributed by atoms with Crippen molar-refractivity contribution >= 4 is 0 Å². The van der Waals surface area contributed by atoms with E-state index >= 15 is 0 Å². The van der Waals surface area contributed by atoms with Crippen LogP contribution in [0.1, 0.15) is 29.3 Å². The van der Waals surface area contributed by atoms with Gasteiger partial charge in [0, 0.05) is 50.0 Å². The van der Waals surface area contributed by atoms with E-state index in [0.717, 1.165) is 30.0 Å². The molecule has 1 aromatic carbocycles. The molecule has 1 aliphatic rings. The highest BCUT2D eigenvalue weighted by atomic mass is 19.2. The van der Waals surface area contributed by atoms with Gasteiger partial charge in [0.25, 0.3) is 0 Å². The number of allylic oxidation sites excluding steroid dienone is 1. The quantitative estimate of drug-likeness (QED) is 0.490. The van der Waals surface area contributed by atoms with E-state index in [9.17, 15) is 13.2 Å². The Bertz CT molecular complexity index is 1070. The summed E-state index contributed by atoms with van der Waals surface area (Å²) in [6.07, 6.45) is 8.63. The molecule has 2 heterocycles. The van der Waals surface area contributed by atoms with Crippen LogP contribution in [-0.4, -0.2) is 26.6 Å². The van der Waals surface area contributed by atoms with Gasteiger partial charge < -0.3 is 9.58 Å². The van der Waals surface area contributed by atoms with Gasteiger partial charge in [0.05, 0.1) is 5.69 Å². The van der Waals surface area contributed by atoms with Crippen molar-refractivity contribution < 1.29 is 13.2 Å². The van der Waals surface area contributed by atoms with Crippen molar-refractivity contribution in [2.24, 2.45) is 11.8 Å². The average molecular weight is 413 g/mol. The van der Waals surface area contributed by atoms with E-state index in [2.05, 4.69) is 9.97 Å². The van der Waals surface area contributed by atoms with Crippen molar-refractivity contribution in [3.8, 4) is 5.69 Å². The summed E-state index contributed by atoms with van der Waals surface area (Å²) >= 11 is 0. The molecular formula is C22H22F3N5. The highest BCUT2D eigenvalue weighted by Crippen LogP contribution is 2.53. The van der Waals surface area contributed by atoms with Gasteiger partial charge in [-0.05, 0) is 54.5 Å². The normalized spacial score (nSPS) is 18.5. The lowest BCUT2D eigenvalue weighted by Crippen LogP contribution is -2.20. The predicted octanol–water partition coefficient (Wildman–Crippen LogP) is 4.03. The first-order valence-electron chi connectivity index (χ1n) is 9.61. The molecule has 3 aromatic rings. The number of benzene rings is 1. The van der Waals surface area contributed by atoms with Gasteiger partial charge in [0.2, 0.25) is 0 Å². The molecule has 4 rings (SSSR count). The van der Waals surface area contributed by atoms with Crippen molar-refractivity contribution in [2.45, 2.75) is 25.7 Å². The lowest BCUT2D eigenvalue weighted by atomic mass is 10.0. The number of hydrazine groups is 1. The van der Waals surface area contributed by atoms with Gasteiger partial charge >= 0.3 is 0 Å². The number of aromatic nitrogens is 3. The first-order valence-corrected chi connectivity index (χ1v) is 9.61. The Kier molecular flexibility index (Phi) is 5.34. The van der Waals surface area contributed by atoms with E-state index in [4.69, 9.17) is 5.84 Å². The van der Waals surface area contributed by atoms with E-state index < -0.39 is 17.5 Å². The van der Waals surface area contributed by atoms with Gasteiger partial charge in [-0.15, -0.1) is 0 Å². The maximum Gasteiger partial charge on any atom is 0.176 e. The Morgan fingerprint density at radius 3 is 2.47 bits per heavy atom. The second-order valence-electron chi connectivity index (χ2n) is 7.67. The van der Waals surface area contributed by atoms with Crippen LogP contribution in [0, 0.1) is 30.3 Å². The predicted molar refractivity (Wildman–Crippen MR) is 107 cm³/mol. The highest BCUT2D eigenvalue weighted by molar-refractivity contribution is 5.48. The number of hydrogen-bond acceptors (Lipinski definition) is 4. The van der Waals surface area contributed by atoms with E-state index in [0.29, 0.717) is 23.5 Å². The molecule has 1 saturated carbocycles. The summed E-state index contributed by atoms with van der Waals surface area (Å²) in [6, 6.07) is 5.05. The molecule has 0 radical (unpaired) electrons. The lowest BCUT2D eigenvalue weighted by molar-refractivity contribution is 0.475. The number of hydrogen-bond donors (Lipinski definition) is 1. The Balaban J connectivity index is 1.63. The summed E-state index contributed by atoms with van der Waals surface area (Å²) < 4.78 is 42.9. The molecule has 8 heteroatoms. The fourth-order valence-electron chi connectivity index (χ4n) is 3.82. The fraction of sp³-hybridized carbons (Fsp3) is 0.273. The molecule has 0 saturated heterocycles. The monoisotopic (exact) mass is 413 g/mol. The summed E-state index contributed by atoms with van der Waals surface area (Å²) in [5.74, 6) is 4.42. The second-order valence-corrected chi connectivity index (χ2v) is 7.67. The topological polar surface area (TPSA) is 60.0 Å². The Labute approximate surface area is 172 Å². The lowest BCUT2D eigenvalue weighted by Gasteiger charge is -2.14. The molecule has 2 atom stereocenters. The maximum atomic E-state index is 14.6. The summed E-state index contributed by atoms with van der Waals surface area (Å²) in [6.45, 7) is 1.59. The minimum Gasteiger partial charge on any atom is -0.321 e. The van der Waals surface area contributed by atoms with E-state index in [1.807, 2.05) is 6.20 Å². The number of nitrogens with two attached hydrogens (primary N) is 1. The van der Waals surface area contributed by atoms with Gasteiger partial charge in [-0.25, -0.2) is 29.0 Å². The number of nitrogens with zero attached hydrogens (tertiary/aromatic N) is 4. The Morgan fingerprint density at radius 2 is 1.83 bits per heavy atom. The molecule has 2 N–H and O–H groups in total. The van der Waals surface area contributed by atoms with Crippen LogP contribution in [0.2, 0.25) is 0 Å². The highest BCUT2D eigenvalue weighted by Gasteiger charge is 2.41. The first-order chi connectivity index (χ1) is 14.3. The summed E-state index contributed by atoms with van der Waals surface area (Å²) in [7, 11) is 1.74. The van der Waals surface area contributed by atoms with Gasteiger partial charge in [-0.3, -0.25) is 0 Å². The van der Waals surface area contributed by atoms with Gasteiger partial charge in [0.15, 0.2) is 11.6 Å². The summed E-state index contributed by atoms with van der Waals surface area (Å²) in [5, 5.41) is 1.49. The zero-order chi connectivity index (χ0) is 21.4. The van der Waals surface area contributed by atoms with E-state index in [-0.39, 0.29) is 11.8 Å². The molecule has 1 fully saturated rings. The molecule has 156 valence electrons. The first kappa shape index (κ1) is 20.2. The van der Waals surface area contributed by atoms with Crippen LogP contribution in [0.15, 0.2) is 54.8 Å². The fourth-order valence-corrected chi connectivity index (χ4v) is 3.82. The van der Waals surface area contributed by atoms with Gasteiger partial charge in [0.1, 0.15) is 11.6 Å². The van der Waals surface area contributed by atoms with Crippen LogP contribution in [0.3, 0.4) is 0 Å². The SMILES string of the molecule is Cc1c(F)cc(C2CC2/C(=C/N(C)N)Cc2ncccn2)cc1-n1cc(F)c(F)c1. The Morgan fingerprint density at radius 1 is 1.17 bits per heavy atom. The number of rotatable bonds is 6. The maximum absolute atomic E-state index is 14.6. The third-order valence-corrected chi connectivity index (χ3v) is 5.40. The van der Waals surface area contributed by atoms with Crippen molar-refractivity contribution in [1.29, 1.82) is 0 Å². The van der Waals surface area contributed by atoms with E-state index in [1.54, 1.807) is 38.5 Å². The molecular weight excluding hydrogens is 391 g/mol. The van der Waals surface area contributed by atoms with Crippen LogP contribution in [-0.2, 0) is 6.42 Å². The smallest absolute Gasteiger partial charge is 0.176 e. The zero-order valence-corrected chi connectivity index (χ0v) is 16.7. The zero-order valence-electron chi connectivity index (χ0n) is 16.7. The average Bonchev–Trinajstić information content (AvgIpc) is 3.43. The van der Waals surface area contributed by atoms with Crippen LogP contribution >= 0.6 is 0 Å². The number of halogens is 3. The molecule has 0 aliphatic heterocycles. The van der Waals surface area contributed by atoms with Crippen molar-refractivity contribution in [2.75, 3.05) is 7.05 Å². The molecule has 2 unspecified atom stereocenters. The molecule has 5 nitrogen and oxygen atoms in total. The van der Waals surface area contributed by atoms with Crippen molar-refractivity contribution in [3.05, 3.63) is 89.2 Å². The molecule has 0 spiro atoms. The Hall–Kier alpha value is -3.13. The molecule has 30 heavy (non-hydrogen) atoms. The standard InChI is InChI=1S/C22H22F3N5/c1-13-18(23)6-14(7-21(13)30-11-19(24)20(25)12-30)16-9-17(16)15(10-29(2)26)8-22-27-4-3-5-28-22/h3-7,10-12,16-17H,8-9,26H2,1-2H3/b15-10+. The molecule has 1 aliphatic carbocycles. The van der Waals surface area contributed by atoms with Crippen LogP contribution in [0.5, 0.6) is 0 Å². The van der Waals surface area contributed by atoms with Gasteiger partial charge in [-0.2, -0.15) is 0 Å². The third-order valence-electron chi connectivity index (χ3n) is 5.40. The minimum atomic E-state index is -0.969. The van der Waals surface area contributed by atoms with Crippen LogP contribution < -0.4 is 5.84 Å². The van der Waals surface area contributed by atoms with Crippen molar-refractivity contribution in [3.63, 3.8) is 0 Å². The summed E-state index contributed by atoms with van der Waals surface area (Å²) in [5.41, 5.74) is 2.59. The molecule has 2 aromatic heterocycles. The van der Waals surface area contributed by atoms with Gasteiger partial charge in [-0.1, -0.05) is 0 Å². The van der Waals surface area contributed by atoms with Crippen LogP contribution in [0.4, 0.5) is 13.2 Å². The van der Waals surface area contributed by atoms with Crippen LogP contribution in [0.25, 0.3) is 5.69 Å². The second kappa shape index (κ2) is 7.95. The molecule has 0 amide bonds. The minimum absolute atomic E-state index is 0.0824. The van der Waals surface area contributed by atoms with Crippen molar-refractivity contribution in [1.82, 2.24) is 19.5 Å². The van der Waals surface area contributed by atoms with E-state index in [1.165, 1.54) is 15.6 Å². The third kappa shape index (κ3) is 4.09. The largest absolute Gasteiger partial charge is 0.321 e. The summed E-state index contributed by atoms with van der Waals surface area (Å²) in [4.78, 5) is 8.56.